The highest BCUT2D eigenvalue weighted by Crippen LogP contribution is 2.25. The van der Waals surface area contributed by atoms with Crippen LogP contribution >= 0.6 is 11.8 Å². The van der Waals surface area contributed by atoms with Crippen molar-refractivity contribution in [1.82, 2.24) is 30.6 Å². The standard InChI is InChI=1S/C21H20N6O3S/c1-13-23-19(27-30-13)12-31-17-6-4-3-5-16(17)21(28)22-11-18-24-20(26-25-18)14-7-9-15(29-2)10-8-14/h3-10H,11-12H2,1-2H3,(H,22,28)(H,24,25,26). The van der Waals surface area contributed by atoms with Crippen LogP contribution in [0.25, 0.3) is 11.4 Å². The quantitative estimate of drug-likeness (QED) is 0.404. The SMILES string of the molecule is COc1ccc(-c2n[nH]c(CNC(=O)c3ccccc3SCc3noc(C)n3)n2)cc1. The van der Waals surface area contributed by atoms with Gasteiger partial charge in [-0.15, -0.1) is 11.8 Å². The fourth-order valence-electron chi connectivity index (χ4n) is 2.83. The van der Waals surface area contributed by atoms with E-state index in [-0.39, 0.29) is 12.5 Å². The molecular weight excluding hydrogens is 416 g/mol. The summed E-state index contributed by atoms with van der Waals surface area (Å²) in [7, 11) is 1.62. The largest absolute Gasteiger partial charge is 0.497 e. The van der Waals surface area contributed by atoms with Gasteiger partial charge in [0.15, 0.2) is 11.6 Å². The van der Waals surface area contributed by atoms with Crippen LogP contribution in [0.5, 0.6) is 5.75 Å². The molecule has 2 aromatic heterocycles. The van der Waals surface area contributed by atoms with Crippen LogP contribution in [0.2, 0.25) is 0 Å². The summed E-state index contributed by atoms with van der Waals surface area (Å²) in [6.07, 6.45) is 0. The lowest BCUT2D eigenvalue weighted by Crippen LogP contribution is -2.24. The second-order valence-electron chi connectivity index (χ2n) is 6.53. The molecule has 0 saturated heterocycles. The van der Waals surface area contributed by atoms with E-state index in [1.165, 1.54) is 11.8 Å². The molecule has 10 heteroatoms. The number of amides is 1. The van der Waals surface area contributed by atoms with Gasteiger partial charge in [-0.25, -0.2) is 4.98 Å². The van der Waals surface area contributed by atoms with Crippen LogP contribution in [-0.4, -0.2) is 38.3 Å². The summed E-state index contributed by atoms with van der Waals surface area (Å²) >= 11 is 1.48. The monoisotopic (exact) mass is 436 g/mol. The third-order valence-electron chi connectivity index (χ3n) is 4.35. The zero-order valence-corrected chi connectivity index (χ0v) is 17.8. The van der Waals surface area contributed by atoms with Crippen molar-refractivity contribution in [3.05, 3.63) is 71.6 Å². The first kappa shape index (κ1) is 20.6. The van der Waals surface area contributed by atoms with Crippen molar-refractivity contribution in [2.45, 2.75) is 24.1 Å². The minimum absolute atomic E-state index is 0.199. The number of H-pyrrole nitrogens is 1. The van der Waals surface area contributed by atoms with Gasteiger partial charge >= 0.3 is 0 Å². The molecule has 9 nitrogen and oxygen atoms in total. The molecule has 0 radical (unpaired) electrons. The Morgan fingerprint density at radius 1 is 1.16 bits per heavy atom. The van der Waals surface area contributed by atoms with Gasteiger partial charge in [0.05, 0.1) is 25.0 Å². The van der Waals surface area contributed by atoms with Crippen molar-refractivity contribution >= 4 is 17.7 Å². The molecule has 0 atom stereocenters. The summed E-state index contributed by atoms with van der Waals surface area (Å²) in [5.41, 5.74) is 1.43. The molecule has 0 aliphatic rings. The third kappa shape index (κ3) is 5.10. The highest BCUT2D eigenvalue weighted by molar-refractivity contribution is 7.98. The number of hydrogen-bond acceptors (Lipinski definition) is 8. The van der Waals surface area contributed by atoms with E-state index in [0.717, 1.165) is 16.2 Å². The number of aromatic amines is 1. The molecule has 0 spiro atoms. The Morgan fingerprint density at radius 2 is 1.97 bits per heavy atom. The lowest BCUT2D eigenvalue weighted by molar-refractivity contribution is 0.0947. The van der Waals surface area contributed by atoms with E-state index >= 15 is 0 Å². The zero-order chi connectivity index (χ0) is 21.6. The fourth-order valence-corrected chi connectivity index (χ4v) is 3.72. The van der Waals surface area contributed by atoms with Gasteiger partial charge in [0, 0.05) is 17.4 Å². The summed E-state index contributed by atoms with van der Waals surface area (Å²) in [4.78, 5) is 22.2. The normalized spacial score (nSPS) is 10.8. The average Bonchev–Trinajstić information content (AvgIpc) is 3.45. The van der Waals surface area contributed by atoms with Gasteiger partial charge in [-0.3, -0.25) is 9.89 Å². The number of benzene rings is 2. The summed E-state index contributed by atoms with van der Waals surface area (Å²) in [6.45, 7) is 1.97. The number of aromatic nitrogens is 5. The maximum absolute atomic E-state index is 12.8. The van der Waals surface area contributed by atoms with Crippen LogP contribution < -0.4 is 10.1 Å². The van der Waals surface area contributed by atoms with Gasteiger partial charge < -0.3 is 14.6 Å². The number of carbonyl (C=O) groups excluding carboxylic acids is 1. The number of nitrogens with one attached hydrogen (secondary N) is 2. The van der Waals surface area contributed by atoms with E-state index in [4.69, 9.17) is 9.26 Å². The van der Waals surface area contributed by atoms with Gasteiger partial charge in [0.2, 0.25) is 5.89 Å². The summed E-state index contributed by atoms with van der Waals surface area (Å²) < 4.78 is 10.1. The molecule has 0 aliphatic carbocycles. The average molecular weight is 436 g/mol. The van der Waals surface area contributed by atoms with E-state index < -0.39 is 0 Å². The number of thioether (sulfide) groups is 1. The fraction of sp³-hybridized carbons (Fsp3) is 0.190. The highest BCUT2D eigenvalue weighted by Gasteiger charge is 2.14. The Labute approximate surface area is 182 Å². The van der Waals surface area contributed by atoms with Crippen molar-refractivity contribution < 1.29 is 14.1 Å². The second kappa shape index (κ2) is 9.43. The van der Waals surface area contributed by atoms with Crippen LogP contribution in [-0.2, 0) is 12.3 Å². The molecule has 0 aliphatic heterocycles. The van der Waals surface area contributed by atoms with Crippen LogP contribution in [0.15, 0.2) is 57.9 Å². The number of aryl methyl sites for hydroxylation is 1. The number of nitrogens with zero attached hydrogens (tertiary/aromatic N) is 4. The van der Waals surface area contributed by atoms with Gasteiger partial charge in [0.1, 0.15) is 11.6 Å². The third-order valence-corrected chi connectivity index (χ3v) is 5.42. The Balaban J connectivity index is 1.38. The van der Waals surface area contributed by atoms with E-state index in [1.807, 2.05) is 42.5 Å². The Bertz CT molecular complexity index is 1170. The molecular formula is C21H20N6O3S. The van der Waals surface area contributed by atoms with E-state index in [1.54, 1.807) is 20.1 Å². The summed E-state index contributed by atoms with van der Waals surface area (Å²) in [5.74, 6) is 3.29. The van der Waals surface area contributed by atoms with Crippen molar-refractivity contribution in [3.8, 4) is 17.1 Å². The number of ether oxygens (including phenoxy) is 1. The van der Waals surface area contributed by atoms with Gasteiger partial charge in [-0.1, -0.05) is 17.3 Å². The minimum Gasteiger partial charge on any atom is -0.497 e. The maximum atomic E-state index is 12.8. The van der Waals surface area contributed by atoms with Gasteiger partial charge in [0.25, 0.3) is 5.91 Å². The Morgan fingerprint density at radius 3 is 2.71 bits per heavy atom. The van der Waals surface area contributed by atoms with Crippen LogP contribution in [0.3, 0.4) is 0 Å². The molecule has 1 amide bonds. The number of rotatable bonds is 8. The molecule has 2 N–H and O–H groups in total. The molecule has 0 fully saturated rings. The first-order valence-electron chi connectivity index (χ1n) is 9.47. The van der Waals surface area contributed by atoms with E-state index in [0.29, 0.717) is 34.7 Å². The second-order valence-corrected chi connectivity index (χ2v) is 7.55. The zero-order valence-electron chi connectivity index (χ0n) is 17.0. The first-order valence-corrected chi connectivity index (χ1v) is 10.5. The van der Waals surface area contributed by atoms with Crippen LogP contribution in [0.4, 0.5) is 0 Å². The Hall–Kier alpha value is -3.66. The van der Waals surface area contributed by atoms with Crippen molar-refractivity contribution in [2.24, 2.45) is 0 Å². The van der Waals surface area contributed by atoms with Gasteiger partial charge in [-0.2, -0.15) is 10.1 Å². The predicted molar refractivity (Wildman–Crippen MR) is 115 cm³/mol. The smallest absolute Gasteiger partial charge is 0.252 e. The van der Waals surface area contributed by atoms with Crippen molar-refractivity contribution in [1.29, 1.82) is 0 Å². The lowest BCUT2D eigenvalue weighted by atomic mass is 10.2. The summed E-state index contributed by atoms with van der Waals surface area (Å²) in [6, 6.07) is 14.8. The molecule has 4 aromatic rings. The molecule has 0 unspecified atom stereocenters. The molecule has 4 rings (SSSR count). The number of methoxy groups -OCH3 is 1. The van der Waals surface area contributed by atoms with Crippen molar-refractivity contribution in [3.63, 3.8) is 0 Å². The lowest BCUT2D eigenvalue weighted by Gasteiger charge is -2.08. The molecule has 0 saturated carbocycles. The Kier molecular flexibility index (Phi) is 6.27. The van der Waals surface area contributed by atoms with Crippen molar-refractivity contribution in [2.75, 3.05) is 7.11 Å². The molecule has 31 heavy (non-hydrogen) atoms. The molecule has 2 aromatic carbocycles. The first-order chi connectivity index (χ1) is 15.1. The van der Waals surface area contributed by atoms with E-state index in [2.05, 4.69) is 30.6 Å². The van der Waals surface area contributed by atoms with Crippen LogP contribution in [0.1, 0.15) is 27.9 Å². The minimum atomic E-state index is -0.199. The number of hydrogen-bond donors (Lipinski definition) is 2. The van der Waals surface area contributed by atoms with E-state index in [9.17, 15) is 4.79 Å². The molecule has 2 heterocycles. The topological polar surface area (TPSA) is 119 Å². The molecule has 158 valence electrons. The predicted octanol–water partition coefficient (Wildman–Crippen LogP) is 3.39. The van der Waals surface area contributed by atoms with Gasteiger partial charge in [-0.05, 0) is 36.4 Å². The number of carbonyl (C=O) groups is 1. The van der Waals surface area contributed by atoms with Crippen LogP contribution in [0, 0.1) is 6.92 Å². The highest BCUT2D eigenvalue weighted by atomic mass is 32.2. The maximum Gasteiger partial charge on any atom is 0.252 e. The summed E-state index contributed by atoms with van der Waals surface area (Å²) in [5, 5.41) is 13.9. The molecule has 0 bridgehead atoms.